The Hall–Kier alpha value is -3.49. The maximum Gasteiger partial charge on any atom is 0.347 e. The normalized spacial score (nSPS) is 11.6. The quantitative estimate of drug-likeness (QED) is 0.407. The van der Waals surface area contributed by atoms with Crippen molar-refractivity contribution in [2.45, 2.75) is 72.1 Å². The fourth-order valence-corrected chi connectivity index (χ4v) is 3.81. The zero-order chi connectivity index (χ0) is 25.6. The molecule has 0 spiro atoms. The molecule has 9 heteroatoms. The summed E-state index contributed by atoms with van der Waals surface area (Å²) in [6.07, 6.45) is 2.07. The molecule has 0 saturated heterocycles. The monoisotopic (exact) mass is 487 g/mol. The minimum atomic E-state index is -1.32. The van der Waals surface area contributed by atoms with E-state index in [0.717, 1.165) is 18.4 Å². The molecule has 0 radical (unpaired) electrons. The third-order valence-electron chi connectivity index (χ3n) is 5.88. The SMILES string of the molecule is CCn1c(CCCc2ccc(OC(C)(C)C(=O)O)cc2)nn(Cc2ccc(CF)cc2CF)c1=O. The number of aliphatic carboxylic acids is 1. The van der Waals surface area contributed by atoms with E-state index >= 15 is 0 Å². The number of carbonyl (C=O) groups is 1. The zero-order valence-electron chi connectivity index (χ0n) is 20.3. The molecule has 1 aromatic heterocycles. The summed E-state index contributed by atoms with van der Waals surface area (Å²) in [4.78, 5) is 24.1. The number of carboxylic acids is 1. The highest BCUT2D eigenvalue weighted by atomic mass is 19.1. The van der Waals surface area contributed by atoms with Gasteiger partial charge in [-0.25, -0.2) is 23.1 Å². The summed E-state index contributed by atoms with van der Waals surface area (Å²) >= 11 is 0. The van der Waals surface area contributed by atoms with Crippen molar-refractivity contribution in [3.8, 4) is 5.75 Å². The molecule has 35 heavy (non-hydrogen) atoms. The number of rotatable bonds is 12. The van der Waals surface area contributed by atoms with Gasteiger partial charge in [-0.15, -0.1) is 0 Å². The van der Waals surface area contributed by atoms with E-state index in [-0.39, 0.29) is 12.2 Å². The van der Waals surface area contributed by atoms with Crippen molar-refractivity contribution in [3.63, 3.8) is 0 Å². The summed E-state index contributed by atoms with van der Waals surface area (Å²) in [5.74, 6) is 0.0930. The van der Waals surface area contributed by atoms with Crippen molar-refractivity contribution in [1.82, 2.24) is 14.3 Å². The average Bonchev–Trinajstić information content (AvgIpc) is 3.14. The molecular weight excluding hydrogens is 456 g/mol. The van der Waals surface area contributed by atoms with Gasteiger partial charge in [-0.3, -0.25) is 4.57 Å². The molecule has 0 bridgehead atoms. The first kappa shape index (κ1) is 26.1. The van der Waals surface area contributed by atoms with Crippen LogP contribution in [0.25, 0.3) is 0 Å². The molecule has 188 valence electrons. The van der Waals surface area contributed by atoms with Gasteiger partial charge in [-0.2, -0.15) is 5.10 Å². The predicted octanol–water partition coefficient (Wildman–Crippen LogP) is 4.47. The number of nitrogens with zero attached hydrogens (tertiary/aromatic N) is 3. The third-order valence-corrected chi connectivity index (χ3v) is 5.88. The molecule has 0 atom stereocenters. The first-order valence-corrected chi connectivity index (χ1v) is 11.6. The van der Waals surface area contributed by atoms with E-state index in [0.29, 0.717) is 41.2 Å². The number of ether oxygens (including phenoxy) is 1. The molecule has 3 aromatic rings. The van der Waals surface area contributed by atoms with Gasteiger partial charge in [-0.05, 0) is 68.0 Å². The number of halogens is 2. The van der Waals surface area contributed by atoms with Crippen LogP contribution < -0.4 is 10.4 Å². The van der Waals surface area contributed by atoms with Crippen LogP contribution in [0.1, 0.15) is 55.3 Å². The molecular formula is C26H31F2N3O4. The maximum atomic E-state index is 13.5. The molecule has 0 amide bonds. The first-order valence-electron chi connectivity index (χ1n) is 11.6. The number of alkyl halides is 2. The average molecular weight is 488 g/mol. The molecule has 2 aromatic carbocycles. The van der Waals surface area contributed by atoms with Gasteiger partial charge in [0.25, 0.3) is 0 Å². The summed E-state index contributed by atoms with van der Waals surface area (Å²) in [5, 5.41) is 13.7. The van der Waals surface area contributed by atoms with Crippen molar-refractivity contribution in [2.75, 3.05) is 0 Å². The second-order valence-electron chi connectivity index (χ2n) is 8.89. The van der Waals surface area contributed by atoms with Crippen LogP contribution in [0.3, 0.4) is 0 Å². The highest BCUT2D eigenvalue weighted by Gasteiger charge is 2.29. The highest BCUT2D eigenvalue weighted by Crippen LogP contribution is 2.20. The number of carboxylic acid groups (broad SMARTS) is 1. The van der Waals surface area contributed by atoms with Gasteiger partial charge in [0, 0.05) is 13.0 Å². The Morgan fingerprint density at radius 3 is 2.31 bits per heavy atom. The molecule has 0 unspecified atom stereocenters. The summed E-state index contributed by atoms with van der Waals surface area (Å²) in [7, 11) is 0. The molecule has 7 nitrogen and oxygen atoms in total. The molecule has 3 rings (SSSR count). The Morgan fingerprint density at radius 2 is 1.71 bits per heavy atom. The summed E-state index contributed by atoms with van der Waals surface area (Å²) in [5.41, 5.74) is 0.843. The van der Waals surface area contributed by atoms with Crippen LogP contribution in [-0.2, 0) is 44.1 Å². The molecule has 0 fully saturated rings. The second kappa shape index (κ2) is 11.3. The Balaban J connectivity index is 1.66. The van der Waals surface area contributed by atoms with E-state index in [1.54, 1.807) is 28.8 Å². The number of hydrogen-bond acceptors (Lipinski definition) is 4. The van der Waals surface area contributed by atoms with E-state index in [2.05, 4.69) is 5.10 Å². The van der Waals surface area contributed by atoms with Crippen LogP contribution in [0, 0.1) is 0 Å². The lowest BCUT2D eigenvalue weighted by molar-refractivity contribution is -0.152. The van der Waals surface area contributed by atoms with Crippen LogP contribution in [0.5, 0.6) is 5.75 Å². The predicted molar refractivity (Wildman–Crippen MR) is 128 cm³/mol. The number of aryl methyl sites for hydroxylation is 2. The van der Waals surface area contributed by atoms with Crippen LogP contribution in [0.4, 0.5) is 8.78 Å². The standard InChI is InChI=1S/C26H31F2N3O4/c1-4-30-23(7-5-6-18-9-12-22(13-10-18)35-26(2,3)24(32)33)29-31(25(30)34)17-20-11-8-19(15-27)14-21(20)16-28/h8-14H,4-7,15-17H2,1-3H3,(H,32,33). The summed E-state index contributed by atoms with van der Waals surface area (Å²) in [6.45, 7) is 4.04. The molecule has 0 aliphatic rings. The van der Waals surface area contributed by atoms with Crippen LogP contribution in [0.2, 0.25) is 0 Å². The van der Waals surface area contributed by atoms with E-state index < -0.39 is 24.9 Å². The lowest BCUT2D eigenvalue weighted by Crippen LogP contribution is -2.37. The topological polar surface area (TPSA) is 86.3 Å². The maximum absolute atomic E-state index is 13.5. The molecule has 0 aliphatic heterocycles. The van der Waals surface area contributed by atoms with Crippen LogP contribution in [-0.4, -0.2) is 31.0 Å². The third kappa shape index (κ3) is 6.35. The van der Waals surface area contributed by atoms with Crippen molar-refractivity contribution < 1.29 is 23.4 Å². The summed E-state index contributed by atoms with van der Waals surface area (Å²) < 4.78 is 34.8. The Kier molecular flexibility index (Phi) is 8.43. The van der Waals surface area contributed by atoms with E-state index in [1.807, 2.05) is 19.1 Å². The Labute approximate surface area is 203 Å². The van der Waals surface area contributed by atoms with Crippen molar-refractivity contribution in [3.05, 3.63) is 81.0 Å². The Morgan fingerprint density at radius 1 is 1.03 bits per heavy atom. The summed E-state index contributed by atoms with van der Waals surface area (Å²) in [6, 6.07) is 12.0. The molecule has 1 heterocycles. The van der Waals surface area contributed by atoms with E-state index in [1.165, 1.54) is 24.6 Å². The largest absolute Gasteiger partial charge is 0.478 e. The minimum Gasteiger partial charge on any atom is -0.478 e. The Bertz CT molecular complexity index is 1220. The van der Waals surface area contributed by atoms with Gasteiger partial charge >= 0.3 is 11.7 Å². The smallest absolute Gasteiger partial charge is 0.347 e. The number of hydrogen-bond donors (Lipinski definition) is 1. The minimum absolute atomic E-state index is 0.124. The fourth-order valence-electron chi connectivity index (χ4n) is 3.81. The van der Waals surface area contributed by atoms with E-state index in [4.69, 9.17) is 4.74 Å². The van der Waals surface area contributed by atoms with Gasteiger partial charge < -0.3 is 9.84 Å². The molecule has 1 N–H and O–H groups in total. The van der Waals surface area contributed by atoms with Crippen molar-refractivity contribution >= 4 is 5.97 Å². The van der Waals surface area contributed by atoms with Gasteiger partial charge in [0.1, 0.15) is 24.9 Å². The zero-order valence-corrected chi connectivity index (χ0v) is 20.3. The van der Waals surface area contributed by atoms with Gasteiger partial charge in [0.05, 0.1) is 6.54 Å². The second-order valence-corrected chi connectivity index (χ2v) is 8.89. The van der Waals surface area contributed by atoms with Gasteiger partial charge in [0.2, 0.25) is 0 Å². The van der Waals surface area contributed by atoms with E-state index in [9.17, 15) is 23.5 Å². The lowest BCUT2D eigenvalue weighted by atomic mass is 10.1. The fraction of sp³-hybridized carbons (Fsp3) is 0.423. The lowest BCUT2D eigenvalue weighted by Gasteiger charge is -2.21. The number of aromatic nitrogens is 3. The number of benzene rings is 2. The highest BCUT2D eigenvalue weighted by molar-refractivity contribution is 5.76. The van der Waals surface area contributed by atoms with Crippen molar-refractivity contribution in [2.24, 2.45) is 0 Å². The van der Waals surface area contributed by atoms with Gasteiger partial charge in [0.15, 0.2) is 5.60 Å². The molecule has 0 aliphatic carbocycles. The molecule has 0 saturated carbocycles. The van der Waals surface area contributed by atoms with Crippen LogP contribution in [0.15, 0.2) is 47.3 Å². The first-order chi connectivity index (χ1) is 16.7. The van der Waals surface area contributed by atoms with Gasteiger partial charge in [-0.1, -0.05) is 30.3 Å². The van der Waals surface area contributed by atoms with Crippen LogP contribution >= 0.6 is 0 Å². The van der Waals surface area contributed by atoms with Crippen molar-refractivity contribution in [1.29, 1.82) is 0 Å².